The summed E-state index contributed by atoms with van der Waals surface area (Å²) in [6.45, 7) is 2.46. The largest absolute Gasteiger partial charge is 0.442 e. The molecule has 7 heteroatoms. The molecule has 2 heterocycles. The van der Waals surface area contributed by atoms with Crippen molar-refractivity contribution < 1.29 is 13.9 Å². The van der Waals surface area contributed by atoms with Crippen LogP contribution >= 0.6 is 12.2 Å². The highest BCUT2D eigenvalue weighted by atomic mass is 32.1. The third-order valence-electron chi connectivity index (χ3n) is 4.29. The predicted octanol–water partition coefficient (Wildman–Crippen LogP) is 3.21. The van der Waals surface area contributed by atoms with E-state index in [4.69, 9.17) is 4.74 Å². The minimum Gasteiger partial charge on any atom is -0.442 e. The molecule has 2 aliphatic rings. The van der Waals surface area contributed by atoms with Gasteiger partial charge in [0.2, 0.25) is 0 Å². The summed E-state index contributed by atoms with van der Waals surface area (Å²) in [5.41, 5.74) is 1.12. The van der Waals surface area contributed by atoms with Crippen molar-refractivity contribution in [3.05, 3.63) is 24.0 Å². The van der Waals surface area contributed by atoms with Gasteiger partial charge in [0.1, 0.15) is 11.9 Å². The van der Waals surface area contributed by atoms with Crippen LogP contribution < -0.4 is 9.80 Å². The van der Waals surface area contributed by atoms with Crippen LogP contribution in [0.15, 0.2) is 23.2 Å². The van der Waals surface area contributed by atoms with Crippen molar-refractivity contribution >= 4 is 41.3 Å². The van der Waals surface area contributed by atoms with Crippen LogP contribution in [0.1, 0.15) is 19.3 Å². The molecule has 1 aromatic rings. The number of piperidine rings is 1. The lowest BCUT2D eigenvalue weighted by Gasteiger charge is -2.29. The molecule has 0 unspecified atom stereocenters. The van der Waals surface area contributed by atoms with E-state index >= 15 is 0 Å². The second-order valence-electron chi connectivity index (χ2n) is 5.95. The van der Waals surface area contributed by atoms with Crippen molar-refractivity contribution in [1.82, 2.24) is 0 Å². The van der Waals surface area contributed by atoms with Gasteiger partial charge in [0.15, 0.2) is 0 Å². The van der Waals surface area contributed by atoms with Gasteiger partial charge in [0.05, 0.1) is 24.5 Å². The molecule has 0 spiro atoms. The van der Waals surface area contributed by atoms with Crippen LogP contribution in [-0.4, -0.2) is 50.0 Å². The average molecular weight is 349 g/mol. The number of halogens is 1. The van der Waals surface area contributed by atoms with Crippen molar-refractivity contribution in [2.45, 2.75) is 25.4 Å². The molecule has 128 valence electrons. The SMILES string of the molecule is O=C1O[C@@H](CN=CC=S)CN1c1ccc(N2CCCCC2)c(F)c1. The highest BCUT2D eigenvalue weighted by Gasteiger charge is 2.32. The molecule has 2 aliphatic heterocycles. The van der Waals surface area contributed by atoms with Gasteiger partial charge in [-0.05, 0) is 37.5 Å². The molecule has 0 N–H and O–H groups in total. The van der Waals surface area contributed by atoms with E-state index in [0.717, 1.165) is 25.9 Å². The molecular weight excluding hydrogens is 329 g/mol. The van der Waals surface area contributed by atoms with Crippen molar-refractivity contribution in [3.63, 3.8) is 0 Å². The van der Waals surface area contributed by atoms with Gasteiger partial charge >= 0.3 is 6.09 Å². The molecule has 2 fully saturated rings. The number of cyclic esters (lactones) is 1. The Morgan fingerprint density at radius 1 is 1.33 bits per heavy atom. The molecule has 0 aromatic heterocycles. The van der Waals surface area contributed by atoms with E-state index in [0.29, 0.717) is 24.5 Å². The lowest BCUT2D eigenvalue weighted by molar-refractivity contribution is 0.145. The molecule has 1 atom stereocenters. The summed E-state index contributed by atoms with van der Waals surface area (Å²) in [6, 6.07) is 4.94. The predicted molar refractivity (Wildman–Crippen MR) is 97.1 cm³/mol. The highest BCUT2D eigenvalue weighted by molar-refractivity contribution is 7.80. The molecule has 5 nitrogen and oxygen atoms in total. The van der Waals surface area contributed by atoms with E-state index in [2.05, 4.69) is 22.1 Å². The third kappa shape index (κ3) is 3.72. The van der Waals surface area contributed by atoms with Crippen LogP contribution in [0.4, 0.5) is 20.6 Å². The minimum atomic E-state index is -0.470. The zero-order valence-electron chi connectivity index (χ0n) is 13.4. The van der Waals surface area contributed by atoms with Gasteiger partial charge < -0.3 is 9.64 Å². The normalized spacial score (nSPS) is 21.4. The number of hydrogen-bond donors (Lipinski definition) is 0. The molecule has 2 saturated heterocycles. The quantitative estimate of drug-likeness (QED) is 0.605. The number of nitrogens with zero attached hydrogens (tertiary/aromatic N) is 3. The van der Waals surface area contributed by atoms with E-state index in [1.807, 2.05) is 0 Å². The topological polar surface area (TPSA) is 45.1 Å². The van der Waals surface area contributed by atoms with Gasteiger partial charge in [-0.15, -0.1) is 0 Å². The van der Waals surface area contributed by atoms with E-state index in [1.165, 1.54) is 29.0 Å². The molecule has 0 radical (unpaired) electrons. The zero-order valence-corrected chi connectivity index (χ0v) is 14.2. The van der Waals surface area contributed by atoms with Crippen molar-refractivity contribution in [1.29, 1.82) is 0 Å². The number of thiocarbonyl (C=S) groups is 1. The lowest BCUT2D eigenvalue weighted by atomic mass is 10.1. The van der Waals surface area contributed by atoms with Crippen LogP contribution in [-0.2, 0) is 4.74 Å². The summed E-state index contributed by atoms with van der Waals surface area (Å²) < 4.78 is 19.8. The van der Waals surface area contributed by atoms with Crippen LogP contribution in [0, 0.1) is 5.82 Å². The zero-order chi connectivity index (χ0) is 16.9. The number of carbonyl (C=O) groups excluding carboxylic acids is 1. The van der Waals surface area contributed by atoms with E-state index in [-0.39, 0.29) is 11.9 Å². The number of benzene rings is 1. The number of ether oxygens (including phenoxy) is 1. The summed E-state index contributed by atoms with van der Waals surface area (Å²) in [7, 11) is 0. The Morgan fingerprint density at radius 3 is 2.83 bits per heavy atom. The number of anilines is 2. The summed E-state index contributed by atoms with van der Waals surface area (Å²) >= 11 is 4.66. The number of aliphatic imine (C=N–C) groups is 1. The molecule has 1 aromatic carbocycles. The monoisotopic (exact) mass is 349 g/mol. The van der Waals surface area contributed by atoms with Crippen LogP contribution in [0.3, 0.4) is 0 Å². The highest BCUT2D eigenvalue weighted by Crippen LogP contribution is 2.29. The fourth-order valence-electron chi connectivity index (χ4n) is 3.10. The first-order valence-electron chi connectivity index (χ1n) is 8.15. The van der Waals surface area contributed by atoms with Crippen molar-refractivity contribution in [3.8, 4) is 0 Å². The average Bonchev–Trinajstić information content (AvgIpc) is 2.96. The Labute approximate surface area is 146 Å². The molecule has 24 heavy (non-hydrogen) atoms. The van der Waals surface area contributed by atoms with E-state index in [1.54, 1.807) is 12.1 Å². The van der Waals surface area contributed by atoms with E-state index in [9.17, 15) is 9.18 Å². The summed E-state index contributed by atoms with van der Waals surface area (Å²) in [4.78, 5) is 19.6. The second-order valence-corrected chi connectivity index (χ2v) is 6.22. The van der Waals surface area contributed by atoms with Gasteiger partial charge in [-0.1, -0.05) is 12.2 Å². The molecule has 0 aliphatic carbocycles. The summed E-state index contributed by atoms with van der Waals surface area (Å²) in [5.74, 6) is -0.302. The first-order chi connectivity index (χ1) is 11.7. The first kappa shape index (κ1) is 16.8. The van der Waals surface area contributed by atoms with Crippen LogP contribution in [0.5, 0.6) is 0 Å². The van der Waals surface area contributed by atoms with Crippen LogP contribution in [0.2, 0.25) is 0 Å². The van der Waals surface area contributed by atoms with Crippen molar-refractivity contribution in [2.24, 2.45) is 4.99 Å². The third-order valence-corrected chi connectivity index (χ3v) is 4.41. The molecule has 0 bridgehead atoms. The first-order valence-corrected chi connectivity index (χ1v) is 8.62. The lowest BCUT2D eigenvalue weighted by Crippen LogP contribution is -2.30. The summed E-state index contributed by atoms with van der Waals surface area (Å²) in [6.07, 6.45) is 4.06. The maximum absolute atomic E-state index is 14.5. The van der Waals surface area contributed by atoms with Gasteiger partial charge in [-0.2, -0.15) is 0 Å². The fraction of sp³-hybridized carbons (Fsp3) is 0.471. The maximum Gasteiger partial charge on any atom is 0.414 e. The smallest absolute Gasteiger partial charge is 0.414 e. The molecular formula is C17H20FN3O2S. The van der Waals surface area contributed by atoms with Crippen molar-refractivity contribution in [2.75, 3.05) is 36.0 Å². The number of hydrogen-bond acceptors (Lipinski definition) is 5. The number of carbonyl (C=O) groups is 1. The Kier molecular flexibility index (Phi) is 5.40. The Balaban J connectivity index is 1.70. The number of rotatable bonds is 5. The van der Waals surface area contributed by atoms with Gasteiger partial charge in [-0.3, -0.25) is 9.89 Å². The molecule has 3 rings (SSSR count). The number of amides is 1. The standard InChI is InChI=1S/C17H20FN3O2S/c18-15-10-13(4-5-16(15)20-7-2-1-3-8-20)21-12-14(23-17(21)22)11-19-6-9-24/h4-6,9-10,14H,1-3,7-8,11-12H2/t14-/m0/s1. The summed E-state index contributed by atoms with van der Waals surface area (Å²) in [5, 5.41) is 1.41. The van der Waals surface area contributed by atoms with E-state index < -0.39 is 6.09 Å². The Hall–Kier alpha value is -2.02. The van der Waals surface area contributed by atoms with Gasteiger partial charge in [-0.25, -0.2) is 9.18 Å². The minimum absolute atomic E-state index is 0.302. The van der Waals surface area contributed by atoms with Gasteiger partial charge in [0.25, 0.3) is 0 Å². The Morgan fingerprint density at radius 2 is 2.12 bits per heavy atom. The maximum atomic E-state index is 14.5. The molecule has 1 amide bonds. The molecule has 0 saturated carbocycles. The fourth-order valence-corrected chi connectivity index (χ4v) is 3.19. The van der Waals surface area contributed by atoms with Crippen LogP contribution in [0.25, 0.3) is 0 Å². The Bertz CT molecular complexity index is 647. The van der Waals surface area contributed by atoms with Gasteiger partial charge in [0, 0.05) is 24.7 Å². The second kappa shape index (κ2) is 7.70.